The molecule has 2 aromatic heterocycles. The van der Waals surface area contributed by atoms with Crippen molar-refractivity contribution in [3.8, 4) is 10.9 Å². The van der Waals surface area contributed by atoms with Crippen molar-refractivity contribution in [2.75, 3.05) is 33.4 Å². The summed E-state index contributed by atoms with van der Waals surface area (Å²) in [5, 5.41) is 12.7. The quantitative estimate of drug-likeness (QED) is 0.599. The SMILES string of the molecule is COc1ccc(CN2CCN(Cc3cccn3-c3nccs3)C[C@H]2CCO)cc1C. The van der Waals surface area contributed by atoms with E-state index >= 15 is 0 Å². The second-order valence-electron chi connectivity index (χ2n) is 7.86. The van der Waals surface area contributed by atoms with E-state index in [2.05, 4.69) is 62.8 Å². The fourth-order valence-corrected chi connectivity index (χ4v) is 4.96. The highest BCUT2D eigenvalue weighted by Crippen LogP contribution is 2.23. The molecule has 1 N–H and O–H groups in total. The molecule has 1 atom stereocenters. The van der Waals surface area contributed by atoms with Crippen LogP contribution in [0.4, 0.5) is 0 Å². The second-order valence-corrected chi connectivity index (χ2v) is 8.73. The van der Waals surface area contributed by atoms with Crippen LogP contribution in [0.5, 0.6) is 5.75 Å². The second kappa shape index (κ2) is 9.75. The van der Waals surface area contributed by atoms with E-state index in [0.717, 1.165) is 55.6 Å². The lowest BCUT2D eigenvalue weighted by Crippen LogP contribution is -2.52. The molecule has 0 radical (unpaired) electrons. The topological polar surface area (TPSA) is 53.8 Å². The maximum absolute atomic E-state index is 9.65. The zero-order chi connectivity index (χ0) is 20.9. The van der Waals surface area contributed by atoms with E-state index < -0.39 is 0 Å². The average Bonchev–Trinajstić information content (AvgIpc) is 3.42. The summed E-state index contributed by atoms with van der Waals surface area (Å²) in [5.74, 6) is 0.929. The maximum atomic E-state index is 9.65. The first kappa shape index (κ1) is 21.1. The fraction of sp³-hybridized carbons (Fsp3) is 0.435. The third-order valence-electron chi connectivity index (χ3n) is 5.84. The summed E-state index contributed by atoms with van der Waals surface area (Å²) >= 11 is 1.65. The zero-order valence-electron chi connectivity index (χ0n) is 17.7. The van der Waals surface area contributed by atoms with Gasteiger partial charge < -0.3 is 9.84 Å². The molecule has 3 heterocycles. The monoisotopic (exact) mass is 426 g/mol. The van der Waals surface area contributed by atoms with Gasteiger partial charge in [-0.25, -0.2) is 4.98 Å². The Morgan fingerprint density at radius 2 is 2.13 bits per heavy atom. The molecule has 6 nitrogen and oxygen atoms in total. The van der Waals surface area contributed by atoms with Crippen molar-refractivity contribution in [1.29, 1.82) is 0 Å². The number of benzene rings is 1. The van der Waals surface area contributed by atoms with E-state index in [-0.39, 0.29) is 6.61 Å². The van der Waals surface area contributed by atoms with Gasteiger partial charge in [0.2, 0.25) is 0 Å². The van der Waals surface area contributed by atoms with Crippen LogP contribution in [0.1, 0.15) is 23.2 Å². The molecule has 0 unspecified atom stereocenters. The van der Waals surface area contributed by atoms with E-state index in [0.29, 0.717) is 6.04 Å². The van der Waals surface area contributed by atoms with Gasteiger partial charge in [-0.2, -0.15) is 0 Å². The van der Waals surface area contributed by atoms with Crippen LogP contribution >= 0.6 is 11.3 Å². The Balaban J connectivity index is 1.42. The number of rotatable bonds is 8. The highest BCUT2D eigenvalue weighted by molar-refractivity contribution is 7.12. The number of hydrogen-bond acceptors (Lipinski definition) is 6. The lowest BCUT2D eigenvalue weighted by Gasteiger charge is -2.41. The number of aliphatic hydroxyl groups excluding tert-OH is 1. The number of piperazine rings is 1. The van der Waals surface area contributed by atoms with E-state index in [1.807, 2.05) is 11.6 Å². The number of aryl methyl sites for hydroxylation is 1. The molecule has 0 aliphatic carbocycles. The van der Waals surface area contributed by atoms with Crippen molar-refractivity contribution < 1.29 is 9.84 Å². The van der Waals surface area contributed by atoms with Crippen LogP contribution in [0.2, 0.25) is 0 Å². The molecule has 0 bridgehead atoms. The lowest BCUT2D eigenvalue weighted by molar-refractivity contribution is 0.0492. The van der Waals surface area contributed by atoms with Crippen molar-refractivity contribution in [3.63, 3.8) is 0 Å². The smallest absolute Gasteiger partial charge is 0.193 e. The number of ether oxygens (including phenoxy) is 1. The van der Waals surface area contributed by atoms with Crippen LogP contribution in [0.3, 0.4) is 0 Å². The molecular weight excluding hydrogens is 396 g/mol. The lowest BCUT2D eigenvalue weighted by atomic mass is 10.1. The van der Waals surface area contributed by atoms with E-state index in [9.17, 15) is 5.11 Å². The van der Waals surface area contributed by atoms with Gasteiger partial charge in [0, 0.05) is 68.8 Å². The Morgan fingerprint density at radius 1 is 1.23 bits per heavy atom. The molecule has 30 heavy (non-hydrogen) atoms. The van der Waals surface area contributed by atoms with E-state index in [1.54, 1.807) is 18.4 Å². The third-order valence-corrected chi connectivity index (χ3v) is 6.61. The largest absolute Gasteiger partial charge is 0.496 e. The molecule has 7 heteroatoms. The predicted octanol–water partition coefficient (Wildman–Crippen LogP) is 3.32. The molecule has 0 saturated carbocycles. The molecule has 1 fully saturated rings. The number of aromatic nitrogens is 2. The third kappa shape index (κ3) is 4.75. The Labute approximate surface area is 182 Å². The van der Waals surface area contributed by atoms with Gasteiger partial charge in [0.05, 0.1) is 7.11 Å². The van der Waals surface area contributed by atoms with Crippen LogP contribution in [-0.4, -0.2) is 63.9 Å². The molecule has 1 aliphatic heterocycles. The van der Waals surface area contributed by atoms with Crippen molar-refractivity contribution >= 4 is 11.3 Å². The van der Waals surface area contributed by atoms with Crippen molar-refractivity contribution in [1.82, 2.24) is 19.4 Å². The van der Waals surface area contributed by atoms with Gasteiger partial charge in [-0.05, 0) is 42.7 Å². The fourth-order valence-electron chi connectivity index (χ4n) is 4.30. The molecule has 1 aliphatic rings. The van der Waals surface area contributed by atoms with Gasteiger partial charge in [0.15, 0.2) is 5.13 Å². The standard InChI is InChI=1S/C23H30N4O2S/c1-18-14-19(5-6-22(18)29-2)15-26-11-10-25(16-20(26)7-12-28)17-21-4-3-9-27(21)23-24-8-13-30-23/h3-6,8-9,13-14,20,28H,7,10-12,15-17H2,1-2H3/t20-/m1/s1. The van der Waals surface area contributed by atoms with Gasteiger partial charge in [-0.3, -0.25) is 14.4 Å². The molecule has 3 aromatic rings. The number of aliphatic hydroxyl groups is 1. The van der Waals surface area contributed by atoms with Crippen molar-refractivity contribution in [2.24, 2.45) is 0 Å². The maximum Gasteiger partial charge on any atom is 0.193 e. The Hall–Kier alpha value is -2.19. The highest BCUT2D eigenvalue weighted by Gasteiger charge is 2.27. The minimum atomic E-state index is 0.214. The van der Waals surface area contributed by atoms with Gasteiger partial charge in [-0.15, -0.1) is 11.3 Å². The molecule has 1 saturated heterocycles. The first-order valence-corrected chi connectivity index (χ1v) is 11.3. The van der Waals surface area contributed by atoms with Crippen LogP contribution in [0, 0.1) is 6.92 Å². The summed E-state index contributed by atoms with van der Waals surface area (Å²) in [7, 11) is 1.71. The Bertz CT molecular complexity index is 941. The van der Waals surface area contributed by atoms with Crippen LogP contribution < -0.4 is 4.74 Å². The number of hydrogen-bond donors (Lipinski definition) is 1. The summed E-state index contributed by atoms with van der Waals surface area (Å²) in [4.78, 5) is 9.45. The Morgan fingerprint density at radius 3 is 2.87 bits per heavy atom. The molecule has 0 spiro atoms. The highest BCUT2D eigenvalue weighted by atomic mass is 32.1. The van der Waals surface area contributed by atoms with Gasteiger partial charge in [0.25, 0.3) is 0 Å². The minimum Gasteiger partial charge on any atom is -0.496 e. The van der Waals surface area contributed by atoms with Crippen LogP contribution in [0.25, 0.3) is 5.13 Å². The summed E-state index contributed by atoms with van der Waals surface area (Å²) in [6, 6.07) is 11.0. The van der Waals surface area contributed by atoms with Gasteiger partial charge in [-0.1, -0.05) is 12.1 Å². The molecule has 160 valence electrons. The predicted molar refractivity (Wildman–Crippen MR) is 120 cm³/mol. The summed E-state index contributed by atoms with van der Waals surface area (Å²) in [6.07, 6.45) is 4.72. The van der Waals surface area contributed by atoms with Crippen molar-refractivity contribution in [2.45, 2.75) is 32.5 Å². The minimum absolute atomic E-state index is 0.214. The molecule has 0 amide bonds. The Kier molecular flexibility index (Phi) is 6.84. The van der Waals surface area contributed by atoms with Gasteiger partial charge >= 0.3 is 0 Å². The van der Waals surface area contributed by atoms with Gasteiger partial charge in [0.1, 0.15) is 5.75 Å². The van der Waals surface area contributed by atoms with Crippen LogP contribution in [0.15, 0.2) is 48.1 Å². The van der Waals surface area contributed by atoms with Crippen molar-refractivity contribution in [3.05, 3.63) is 64.9 Å². The first-order chi connectivity index (χ1) is 14.7. The van der Waals surface area contributed by atoms with E-state index in [4.69, 9.17) is 4.74 Å². The normalized spacial score (nSPS) is 18.0. The average molecular weight is 427 g/mol. The number of methoxy groups -OCH3 is 1. The molecular formula is C23H30N4O2S. The summed E-state index contributed by atoms with van der Waals surface area (Å²) < 4.78 is 7.57. The first-order valence-electron chi connectivity index (χ1n) is 10.4. The molecule has 4 rings (SSSR count). The summed E-state index contributed by atoms with van der Waals surface area (Å²) in [6.45, 7) is 7.06. The summed E-state index contributed by atoms with van der Waals surface area (Å²) in [5.41, 5.74) is 3.71. The number of nitrogens with zero attached hydrogens (tertiary/aromatic N) is 4. The van der Waals surface area contributed by atoms with Crippen LogP contribution in [-0.2, 0) is 13.1 Å². The zero-order valence-corrected chi connectivity index (χ0v) is 18.5. The molecule has 1 aromatic carbocycles. The van der Waals surface area contributed by atoms with E-state index in [1.165, 1.54) is 11.3 Å². The number of thiazole rings is 1.